The predicted molar refractivity (Wildman–Crippen MR) is 111 cm³/mol. The third kappa shape index (κ3) is 4.26. The van der Waals surface area contributed by atoms with Crippen molar-refractivity contribution in [2.45, 2.75) is 13.8 Å². The summed E-state index contributed by atoms with van der Waals surface area (Å²) in [6.45, 7) is 4.42. The Morgan fingerprint density at radius 3 is 2.54 bits per heavy atom. The monoisotopic (exact) mass is 398 g/mol. The molecule has 0 aliphatic heterocycles. The van der Waals surface area contributed by atoms with Crippen LogP contribution in [0.4, 0.5) is 5.13 Å². The van der Waals surface area contributed by atoms with Gasteiger partial charge in [-0.05, 0) is 44.2 Å². The first-order chi connectivity index (χ1) is 13.5. The summed E-state index contributed by atoms with van der Waals surface area (Å²) < 4.78 is 16.2. The molecular formula is C21H22N2O4S. The fourth-order valence-corrected chi connectivity index (χ4v) is 3.44. The maximum Gasteiger partial charge on any atom is 0.257 e. The molecule has 0 atom stereocenters. The van der Waals surface area contributed by atoms with Gasteiger partial charge >= 0.3 is 0 Å². The summed E-state index contributed by atoms with van der Waals surface area (Å²) in [4.78, 5) is 17.1. The Kier molecular flexibility index (Phi) is 6.16. The van der Waals surface area contributed by atoms with Gasteiger partial charge < -0.3 is 14.2 Å². The smallest absolute Gasteiger partial charge is 0.257 e. The quantitative estimate of drug-likeness (QED) is 0.620. The van der Waals surface area contributed by atoms with E-state index in [1.807, 2.05) is 37.4 Å². The first-order valence-electron chi connectivity index (χ1n) is 8.78. The molecular weight excluding hydrogens is 376 g/mol. The Labute approximate surface area is 168 Å². The maximum atomic E-state index is 12.6. The molecule has 0 saturated carbocycles. The highest BCUT2D eigenvalue weighted by Gasteiger charge is 2.15. The second-order valence-corrected chi connectivity index (χ2v) is 6.85. The third-order valence-corrected chi connectivity index (χ3v) is 4.84. The molecule has 146 valence electrons. The Hall–Kier alpha value is -3.06. The maximum absolute atomic E-state index is 12.6. The number of ether oxygens (including phenoxy) is 3. The molecule has 2 aromatic carbocycles. The minimum atomic E-state index is -0.265. The van der Waals surface area contributed by atoms with Crippen molar-refractivity contribution >= 4 is 22.4 Å². The first-order valence-corrected chi connectivity index (χ1v) is 9.66. The van der Waals surface area contributed by atoms with Crippen molar-refractivity contribution in [1.82, 2.24) is 4.98 Å². The Bertz CT molecular complexity index is 984. The number of nitrogens with zero attached hydrogens (tertiary/aromatic N) is 1. The molecule has 1 amide bonds. The lowest BCUT2D eigenvalue weighted by Gasteiger charge is -2.10. The summed E-state index contributed by atoms with van der Waals surface area (Å²) in [5.41, 5.74) is 3.22. The molecule has 1 aromatic heterocycles. The van der Waals surface area contributed by atoms with Crippen LogP contribution >= 0.6 is 11.3 Å². The van der Waals surface area contributed by atoms with Gasteiger partial charge in [0.1, 0.15) is 5.75 Å². The van der Waals surface area contributed by atoms with Gasteiger partial charge in [-0.2, -0.15) is 0 Å². The number of benzene rings is 2. The Morgan fingerprint density at radius 1 is 1.07 bits per heavy atom. The molecule has 0 unspecified atom stereocenters. The normalized spacial score (nSPS) is 10.4. The standard InChI is InChI=1S/C21H22N2O4S/c1-5-27-18-9-7-14(11-19(18)26-4)20(24)23-21-22-16(12-28-21)15-10-13(2)6-8-17(15)25-3/h6-12H,5H2,1-4H3,(H,22,23,24). The zero-order valence-electron chi connectivity index (χ0n) is 16.2. The van der Waals surface area contributed by atoms with Crippen molar-refractivity contribution in [3.05, 3.63) is 52.9 Å². The number of aromatic nitrogens is 1. The highest BCUT2D eigenvalue weighted by Crippen LogP contribution is 2.33. The molecule has 0 aliphatic rings. The molecule has 0 radical (unpaired) electrons. The molecule has 3 rings (SSSR count). The number of amides is 1. The number of nitrogens with one attached hydrogen (secondary N) is 1. The van der Waals surface area contributed by atoms with Crippen molar-refractivity contribution < 1.29 is 19.0 Å². The van der Waals surface area contributed by atoms with Gasteiger partial charge in [-0.25, -0.2) is 4.98 Å². The van der Waals surface area contributed by atoms with Gasteiger partial charge in [-0.1, -0.05) is 11.6 Å². The highest BCUT2D eigenvalue weighted by atomic mass is 32.1. The van der Waals surface area contributed by atoms with Gasteiger partial charge in [-0.3, -0.25) is 10.1 Å². The van der Waals surface area contributed by atoms with Gasteiger partial charge in [0.25, 0.3) is 5.91 Å². The molecule has 0 saturated heterocycles. The van der Waals surface area contributed by atoms with Crippen LogP contribution in [-0.4, -0.2) is 31.7 Å². The number of aryl methyl sites for hydroxylation is 1. The summed E-state index contributed by atoms with van der Waals surface area (Å²) in [6, 6.07) is 11.0. The summed E-state index contributed by atoms with van der Waals surface area (Å²) in [7, 11) is 3.17. The van der Waals surface area contributed by atoms with Crippen LogP contribution in [0.3, 0.4) is 0 Å². The zero-order valence-corrected chi connectivity index (χ0v) is 17.1. The van der Waals surface area contributed by atoms with Crippen LogP contribution in [0.5, 0.6) is 17.2 Å². The van der Waals surface area contributed by atoms with Crippen LogP contribution in [0.1, 0.15) is 22.8 Å². The zero-order chi connectivity index (χ0) is 20.1. The largest absolute Gasteiger partial charge is 0.496 e. The third-order valence-electron chi connectivity index (χ3n) is 4.08. The summed E-state index contributed by atoms with van der Waals surface area (Å²) in [5.74, 6) is 1.59. The fourth-order valence-electron chi connectivity index (χ4n) is 2.73. The van der Waals surface area contributed by atoms with E-state index in [0.717, 1.165) is 22.6 Å². The fraction of sp³-hybridized carbons (Fsp3) is 0.238. The minimum absolute atomic E-state index is 0.265. The lowest BCUT2D eigenvalue weighted by Crippen LogP contribution is -2.12. The van der Waals surface area contributed by atoms with E-state index in [1.165, 1.54) is 11.3 Å². The van der Waals surface area contributed by atoms with E-state index in [-0.39, 0.29) is 5.91 Å². The van der Waals surface area contributed by atoms with Crippen LogP contribution in [0.2, 0.25) is 0 Å². The Morgan fingerprint density at radius 2 is 1.82 bits per heavy atom. The topological polar surface area (TPSA) is 69.7 Å². The van der Waals surface area contributed by atoms with Crippen molar-refractivity contribution in [2.75, 3.05) is 26.1 Å². The van der Waals surface area contributed by atoms with Crippen LogP contribution in [-0.2, 0) is 0 Å². The molecule has 28 heavy (non-hydrogen) atoms. The van der Waals surface area contributed by atoms with E-state index < -0.39 is 0 Å². The molecule has 7 heteroatoms. The van der Waals surface area contributed by atoms with E-state index in [2.05, 4.69) is 10.3 Å². The second kappa shape index (κ2) is 8.75. The summed E-state index contributed by atoms with van der Waals surface area (Å²) in [6.07, 6.45) is 0. The number of hydrogen-bond donors (Lipinski definition) is 1. The SMILES string of the molecule is CCOc1ccc(C(=O)Nc2nc(-c3cc(C)ccc3OC)cs2)cc1OC. The van der Waals surface area contributed by atoms with E-state index in [1.54, 1.807) is 32.4 Å². The number of methoxy groups -OCH3 is 2. The van der Waals surface area contributed by atoms with E-state index >= 15 is 0 Å². The molecule has 1 N–H and O–H groups in total. The Balaban J connectivity index is 1.80. The van der Waals surface area contributed by atoms with Gasteiger partial charge in [0.2, 0.25) is 0 Å². The van der Waals surface area contributed by atoms with Crippen molar-refractivity contribution in [3.63, 3.8) is 0 Å². The van der Waals surface area contributed by atoms with Crippen LogP contribution in [0.25, 0.3) is 11.3 Å². The van der Waals surface area contributed by atoms with Crippen LogP contribution in [0.15, 0.2) is 41.8 Å². The number of anilines is 1. The van der Waals surface area contributed by atoms with Crippen molar-refractivity contribution in [3.8, 4) is 28.5 Å². The second-order valence-electron chi connectivity index (χ2n) is 5.99. The van der Waals surface area contributed by atoms with Crippen LogP contribution < -0.4 is 19.5 Å². The van der Waals surface area contributed by atoms with Gasteiger partial charge in [0, 0.05) is 16.5 Å². The number of rotatable bonds is 7. The van der Waals surface area contributed by atoms with Gasteiger partial charge in [0.15, 0.2) is 16.6 Å². The van der Waals surface area contributed by atoms with Gasteiger partial charge in [-0.15, -0.1) is 11.3 Å². The average molecular weight is 398 g/mol. The summed E-state index contributed by atoms with van der Waals surface area (Å²) in [5, 5.41) is 5.24. The lowest BCUT2D eigenvalue weighted by molar-refractivity contribution is 0.102. The number of carbonyl (C=O) groups is 1. The summed E-state index contributed by atoms with van der Waals surface area (Å²) >= 11 is 1.36. The molecule has 0 fully saturated rings. The van der Waals surface area contributed by atoms with Gasteiger partial charge in [0.05, 0.1) is 26.5 Å². The molecule has 0 spiro atoms. The lowest BCUT2D eigenvalue weighted by atomic mass is 10.1. The van der Waals surface area contributed by atoms with Crippen molar-refractivity contribution in [2.24, 2.45) is 0 Å². The predicted octanol–water partition coefficient (Wildman–Crippen LogP) is 4.79. The number of hydrogen-bond acceptors (Lipinski definition) is 6. The number of thiazole rings is 1. The molecule has 0 bridgehead atoms. The minimum Gasteiger partial charge on any atom is -0.496 e. The molecule has 6 nitrogen and oxygen atoms in total. The molecule has 0 aliphatic carbocycles. The average Bonchev–Trinajstić information content (AvgIpc) is 3.16. The van der Waals surface area contributed by atoms with Crippen molar-refractivity contribution in [1.29, 1.82) is 0 Å². The van der Waals surface area contributed by atoms with E-state index in [9.17, 15) is 4.79 Å². The van der Waals surface area contributed by atoms with E-state index in [4.69, 9.17) is 14.2 Å². The van der Waals surface area contributed by atoms with Crippen LogP contribution in [0, 0.1) is 6.92 Å². The highest BCUT2D eigenvalue weighted by molar-refractivity contribution is 7.14. The first kappa shape index (κ1) is 19.7. The molecule has 1 heterocycles. The number of carbonyl (C=O) groups excluding carboxylic acids is 1. The molecule has 3 aromatic rings. The van der Waals surface area contributed by atoms with E-state index in [0.29, 0.717) is 28.8 Å².